The van der Waals surface area contributed by atoms with Crippen LogP contribution in [0.15, 0.2) is 46.0 Å². The van der Waals surface area contributed by atoms with Gasteiger partial charge >= 0.3 is 6.09 Å². The van der Waals surface area contributed by atoms with E-state index in [1.54, 1.807) is 18.2 Å². The third kappa shape index (κ3) is 7.01. The van der Waals surface area contributed by atoms with E-state index in [4.69, 9.17) is 9.15 Å². The SMILES string of the molecule is CN=C(NCc1coc(-c2ccccc2)n1)NCC1CCN(C(=O)OC(C)(C)C)CC1. The summed E-state index contributed by atoms with van der Waals surface area (Å²) in [6, 6.07) is 9.82. The van der Waals surface area contributed by atoms with E-state index in [-0.39, 0.29) is 6.09 Å². The lowest BCUT2D eigenvalue weighted by Gasteiger charge is -2.33. The van der Waals surface area contributed by atoms with Crippen molar-refractivity contribution in [1.29, 1.82) is 0 Å². The summed E-state index contributed by atoms with van der Waals surface area (Å²) in [7, 11) is 1.75. The van der Waals surface area contributed by atoms with Gasteiger partial charge in [0.1, 0.15) is 11.9 Å². The second-order valence-electron chi connectivity index (χ2n) is 8.73. The summed E-state index contributed by atoms with van der Waals surface area (Å²) in [5, 5.41) is 6.65. The van der Waals surface area contributed by atoms with Gasteiger partial charge in [-0.2, -0.15) is 0 Å². The average molecular weight is 428 g/mol. The number of aromatic nitrogens is 1. The third-order valence-corrected chi connectivity index (χ3v) is 5.06. The van der Waals surface area contributed by atoms with Crippen LogP contribution in [0.1, 0.15) is 39.3 Å². The van der Waals surface area contributed by atoms with Gasteiger partial charge in [-0.05, 0) is 51.7 Å². The molecule has 8 nitrogen and oxygen atoms in total. The number of hydrogen-bond donors (Lipinski definition) is 2. The lowest BCUT2D eigenvalue weighted by molar-refractivity contribution is 0.0185. The van der Waals surface area contributed by atoms with Crippen LogP contribution < -0.4 is 10.6 Å². The van der Waals surface area contributed by atoms with Gasteiger partial charge < -0.3 is 24.7 Å². The third-order valence-electron chi connectivity index (χ3n) is 5.06. The number of rotatable bonds is 5. The molecule has 0 saturated carbocycles. The Morgan fingerprint density at radius 2 is 1.94 bits per heavy atom. The molecule has 0 bridgehead atoms. The van der Waals surface area contributed by atoms with Crippen LogP contribution in [0, 0.1) is 5.92 Å². The van der Waals surface area contributed by atoms with Crippen molar-refractivity contribution < 1.29 is 13.9 Å². The molecule has 1 aliphatic rings. The standard InChI is InChI=1S/C23H33N5O3/c1-23(2,3)31-22(29)28-12-10-17(11-13-28)14-25-21(24-4)26-15-19-16-30-20(27-19)18-8-6-5-7-9-18/h5-9,16-17H,10-15H2,1-4H3,(H2,24,25,26). The van der Waals surface area contributed by atoms with Gasteiger partial charge in [0.15, 0.2) is 5.96 Å². The molecule has 2 N–H and O–H groups in total. The van der Waals surface area contributed by atoms with E-state index in [0.29, 0.717) is 31.4 Å². The van der Waals surface area contributed by atoms with Gasteiger partial charge in [0.2, 0.25) is 5.89 Å². The zero-order valence-electron chi connectivity index (χ0n) is 18.9. The van der Waals surface area contributed by atoms with E-state index >= 15 is 0 Å². The Bertz CT molecular complexity index is 865. The van der Waals surface area contributed by atoms with E-state index in [2.05, 4.69) is 20.6 Å². The van der Waals surface area contributed by atoms with Crippen molar-refractivity contribution in [2.75, 3.05) is 26.7 Å². The second-order valence-corrected chi connectivity index (χ2v) is 8.73. The summed E-state index contributed by atoms with van der Waals surface area (Å²) < 4.78 is 11.0. The summed E-state index contributed by atoms with van der Waals surface area (Å²) in [6.07, 6.45) is 3.31. The highest BCUT2D eigenvalue weighted by atomic mass is 16.6. The second kappa shape index (κ2) is 10.3. The van der Waals surface area contributed by atoms with Crippen molar-refractivity contribution >= 4 is 12.1 Å². The van der Waals surface area contributed by atoms with E-state index in [1.807, 2.05) is 51.1 Å². The molecule has 0 unspecified atom stereocenters. The number of nitrogens with one attached hydrogen (secondary N) is 2. The molecule has 1 aliphatic heterocycles. The number of guanidine groups is 1. The summed E-state index contributed by atoms with van der Waals surface area (Å²) in [5.74, 6) is 1.81. The van der Waals surface area contributed by atoms with Crippen molar-refractivity contribution in [3.8, 4) is 11.5 Å². The Labute approximate surface area is 184 Å². The van der Waals surface area contributed by atoms with Crippen LogP contribution in [0.4, 0.5) is 4.79 Å². The highest BCUT2D eigenvalue weighted by Crippen LogP contribution is 2.19. The van der Waals surface area contributed by atoms with Crippen LogP contribution in [0.3, 0.4) is 0 Å². The molecule has 1 fully saturated rings. The van der Waals surface area contributed by atoms with Gasteiger partial charge in [0.05, 0.1) is 12.2 Å². The Balaban J connectivity index is 1.40. The Morgan fingerprint density at radius 1 is 1.23 bits per heavy atom. The maximum atomic E-state index is 12.2. The monoisotopic (exact) mass is 427 g/mol. The van der Waals surface area contributed by atoms with E-state index in [1.165, 1.54) is 0 Å². The minimum atomic E-state index is -0.459. The minimum absolute atomic E-state index is 0.223. The molecule has 0 aliphatic carbocycles. The smallest absolute Gasteiger partial charge is 0.410 e. The first kappa shape index (κ1) is 22.7. The number of likely N-dealkylation sites (tertiary alicyclic amines) is 1. The number of piperidine rings is 1. The number of oxazole rings is 1. The van der Waals surface area contributed by atoms with Crippen LogP contribution in [0.25, 0.3) is 11.5 Å². The van der Waals surface area contributed by atoms with Crippen molar-refractivity contribution in [3.05, 3.63) is 42.3 Å². The molecule has 1 aromatic carbocycles. The van der Waals surface area contributed by atoms with Crippen LogP contribution in [-0.4, -0.2) is 54.2 Å². The van der Waals surface area contributed by atoms with E-state index in [0.717, 1.165) is 36.6 Å². The molecule has 0 atom stereocenters. The van der Waals surface area contributed by atoms with Crippen LogP contribution in [-0.2, 0) is 11.3 Å². The Hall–Kier alpha value is -3.03. The molecular weight excluding hydrogens is 394 g/mol. The first-order chi connectivity index (χ1) is 14.8. The average Bonchev–Trinajstić information content (AvgIpc) is 3.23. The molecule has 0 spiro atoms. The number of ether oxygens (including phenoxy) is 1. The first-order valence-electron chi connectivity index (χ1n) is 10.8. The molecule has 8 heteroatoms. The topological polar surface area (TPSA) is 92.0 Å². The number of amides is 1. The predicted octanol–water partition coefficient (Wildman–Crippen LogP) is 3.65. The molecule has 1 amide bonds. The molecule has 168 valence electrons. The molecule has 0 radical (unpaired) electrons. The highest BCUT2D eigenvalue weighted by molar-refractivity contribution is 5.79. The summed E-state index contributed by atoms with van der Waals surface area (Å²) >= 11 is 0. The van der Waals surface area contributed by atoms with Gasteiger partial charge in [-0.15, -0.1) is 0 Å². The number of hydrogen-bond acceptors (Lipinski definition) is 5. The first-order valence-corrected chi connectivity index (χ1v) is 10.8. The van der Waals surface area contributed by atoms with Crippen LogP contribution in [0.2, 0.25) is 0 Å². The lowest BCUT2D eigenvalue weighted by Crippen LogP contribution is -2.45. The molecule has 2 heterocycles. The molecule has 3 rings (SSSR count). The number of nitrogens with zero attached hydrogens (tertiary/aromatic N) is 3. The van der Waals surface area contributed by atoms with Crippen molar-refractivity contribution in [3.63, 3.8) is 0 Å². The molecule has 31 heavy (non-hydrogen) atoms. The zero-order valence-corrected chi connectivity index (χ0v) is 18.9. The Kier molecular flexibility index (Phi) is 7.55. The van der Waals surface area contributed by atoms with E-state index < -0.39 is 5.60 Å². The Morgan fingerprint density at radius 3 is 2.58 bits per heavy atom. The van der Waals surface area contributed by atoms with Gasteiger partial charge in [-0.3, -0.25) is 4.99 Å². The van der Waals surface area contributed by atoms with Gasteiger partial charge in [0.25, 0.3) is 0 Å². The fourth-order valence-electron chi connectivity index (χ4n) is 3.38. The number of benzene rings is 1. The molecule has 1 saturated heterocycles. The van der Waals surface area contributed by atoms with Gasteiger partial charge in [-0.1, -0.05) is 18.2 Å². The summed E-state index contributed by atoms with van der Waals surface area (Å²) in [5.41, 5.74) is 1.31. The van der Waals surface area contributed by atoms with Gasteiger partial charge in [0, 0.05) is 32.2 Å². The van der Waals surface area contributed by atoms with Gasteiger partial charge in [-0.25, -0.2) is 9.78 Å². The van der Waals surface area contributed by atoms with Crippen molar-refractivity contribution in [2.45, 2.75) is 45.8 Å². The van der Waals surface area contributed by atoms with Crippen LogP contribution in [0.5, 0.6) is 0 Å². The fourth-order valence-corrected chi connectivity index (χ4v) is 3.38. The normalized spacial score (nSPS) is 15.6. The van der Waals surface area contributed by atoms with Crippen molar-refractivity contribution in [1.82, 2.24) is 20.5 Å². The van der Waals surface area contributed by atoms with E-state index in [9.17, 15) is 4.79 Å². The minimum Gasteiger partial charge on any atom is -0.444 e. The number of aliphatic imine (C=N–C) groups is 1. The lowest BCUT2D eigenvalue weighted by atomic mass is 9.97. The highest BCUT2D eigenvalue weighted by Gasteiger charge is 2.26. The predicted molar refractivity (Wildman–Crippen MR) is 121 cm³/mol. The maximum Gasteiger partial charge on any atom is 0.410 e. The number of carbonyl (C=O) groups is 1. The number of carbonyl (C=O) groups excluding carboxylic acids is 1. The largest absolute Gasteiger partial charge is 0.444 e. The summed E-state index contributed by atoms with van der Waals surface area (Å²) in [6.45, 7) is 8.43. The molecular formula is C23H33N5O3. The van der Waals surface area contributed by atoms with Crippen molar-refractivity contribution in [2.24, 2.45) is 10.9 Å². The summed E-state index contributed by atoms with van der Waals surface area (Å²) in [4.78, 5) is 22.8. The fraction of sp³-hybridized carbons (Fsp3) is 0.522. The van der Waals surface area contributed by atoms with Crippen LogP contribution >= 0.6 is 0 Å². The zero-order chi connectivity index (χ0) is 22.3. The molecule has 1 aromatic heterocycles. The maximum absolute atomic E-state index is 12.2. The quantitative estimate of drug-likeness (QED) is 0.559. The molecule has 2 aromatic rings.